The zero-order valence-electron chi connectivity index (χ0n) is 36.5. The molecule has 1 aromatic carbocycles. The number of esters is 1. The van der Waals surface area contributed by atoms with E-state index in [-0.39, 0.29) is 43.2 Å². The second kappa shape index (κ2) is 19.2. The van der Waals surface area contributed by atoms with Gasteiger partial charge in [0.15, 0.2) is 5.79 Å². The average molecular weight is 834 g/mol. The standard InChI is InChI=1S/C48H67NO11/c1-8-39-30(3)20-23-47(60-39)26-29(2)24-37(59-47)19-14-32(5)42(31(4)12-11-13-35-27-57-43-41(51)33(6)25-38(44(52)53)48(35,43)55)58-45(54)46(21-9-10-22-46)34-15-17-36(18-16-34)49-40(50)28-56-7/h11-18,25,29-31,37-39,41-43,51,55H,8-10,19-24,26-28H2,1-7H3,(H,49,50)(H,52,53)/b12-11+,32-14+,35-13+/t29?,30-,31-,37+,38-,39+,41+,42?,43+,47?,48+/m0/s1. The van der Waals surface area contributed by atoms with Gasteiger partial charge < -0.3 is 44.3 Å². The number of anilines is 1. The molecule has 0 radical (unpaired) electrons. The van der Waals surface area contributed by atoms with Gasteiger partial charge in [-0.1, -0.05) is 83.0 Å². The highest BCUT2D eigenvalue weighted by atomic mass is 16.7. The Hall–Kier alpha value is -3.65. The predicted octanol–water partition coefficient (Wildman–Crippen LogP) is 7.34. The minimum atomic E-state index is -1.93. The van der Waals surface area contributed by atoms with Crippen molar-refractivity contribution in [1.82, 2.24) is 0 Å². The van der Waals surface area contributed by atoms with Gasteiger partial charge in [-0.05, 0) is 98.6 Å². The van der Waals surface area contributed by atoms with Gasteiger partial charge in [-0.3, -0.25) is 14.4 Å². The normalized spacial score (nSPS) is 34.6. The molecule has 4 N–H and O–H groups in total. The first-order valence-electron chi connectivity index (χ1n) is 22.0. The second-order valence-corrected chi connectivity index (χ2v) is 18.3. The van der Waals surface area contributed by atoms with Crippen LogP contribution in [0.3, 0.4) is 0 Å². The number of fused-ring (bicyclic) bond motifs is 1. The highest BCUT2D eigenvalue weighted by Gasteiger charge is 2.59. The molecule has 2 aliphatic carbocycles. The van der Waals surface area contributed by atoms with Crippen LogP contribution in [0.2, 0.25) is 0 Å². The molecule has 0 aromatic heterocycles. The molecular weight excluding hydrogens is 767 g/mol. The molecule has 12 nitrogen and oxygen atoms in total. The number of aliphatic hydroxyl groups excluding tert-OH is 1. The number of rotatable bonds is 14. The number of hydrogen-bond acceptors (Lipinski definition) is 10. The first-order chi connectivity index (χ1) is 28.6. The summed E-state index contributed by atoms with van der Waals surface area (Å²) in [7, 11) is 1.46. The van der Waals surface area contributed by atoms with Crippen molar-refractivity contribution in [2.24, 2.45) is 23.7 Å². The number of aliphatic hydroxyl groups is 2. The van der Waals surface area contributed by atoms with E-state index < -0.39 is 47.0 Å². The third-order valence-corrected chi connectivity index (χ3v) is 13.8. The van der Waals surface area contributed by atoms with Crippen LogP contribution < -0.4 is 5.32 Å². The lowest BCUT2D eigenvalue weighted by Crippen LogP contribution is -2.56. The number of carbonyl (C=O) groups is 3. The van der Waals surface area contributed by atoms with Crippen LogP contribution in [-0.4, -0.2) is 95.4 Å². The lowest BCUT2D eigenvalue weighted by atomic mass is 9.71. The average Bonchev–Trinajstić information content (AvgIpc) is 3.85. The highest BCUT2D eigenvalue weighted by Crippen LogP contribution is 2.47. The van der Waals surface area contributed by atoms with Gasteiger partial charge >= 0.3 is 11.9 Å². The van der Waals surface area contributed by atoms with Crippen LogP contribution in [0.25, 0.3) is 0 Å². The number of nitrogens with one attached hydrogen (secondary N) is 1. The maximum atomic E-state index is 14.7. The summed E-state index contributed by atoms with van der Waals surface area (Å²) in [6.07, 6.45) is 14.3. The van der Waals surface area contributed by atoms with Crippen LogP contribution >= 0.6 is 0 Å². The second-order valence-electron chi connectivity index (χ2n) is 18.3. The van der Waals surface area contributed by atoms with Gasteiger partial charge in [-0.2, -0.15) is 0 Å². The Morgan fingerprint density at radius 3 is 2.47 bits per heavy atom. The van der Waals surface area contributed by atoms with Gasteiger partial charge in [-0.15, -0.1) is 0 Å². The molecule has 5 aliphatic rings. The molecule has 4 fully saturated rings. The Labute approximate surface area is 355 Å². The number of carboxylic acids is 1. The van der Waals surface area contributed by atoms with Crippen LogP contribution in [0, 0.1) is 23.7 Å². The van der Waals surface area contributed by atoms with E-state index in [9.17, 15) is 29.7 Å². The minimum Gasteiger partial charge on any atom is -0.481 e. The van der Waals surface area contributed by atoms with E-state index in [1.807, 2.05) is 32.1 Å². The number of methoxy groups -OCH3 is 1. The van der Waals surface area contributed by atoms with Gasteiger partial charge in [0.05, 0.1) is 24.2 Å². The minimum absolute atomic E-state index is 0.0422. The summed E-state index contributed by atoms with van der Waals surface area (Å²) in [4.78, 5) is 39.1. The van der Waals surface area contributed by atoms with Crippen LogP contribution in [0.4, 0.5) is 5.69 Å². The van der Waals surface area contributed by atoms with Crippen LogP contribution in [0.5, 0.6) is 0 Å². The van der Waals surface area contributed by atoms with Gasteiger partial charge in [-0.25, -0.2) is 0 Å². The van der Waals surface area contributed by atoms with Crippen molar-refractivity contribution in [3.05, 3.63) is 76.9 Å². The Kier molecular flexibility index (Phi) is 14.7. The molecule has 60 heavy (non-hydrogen) atoms. The van der Waals surface area contributed by atoms with E-state index in [2.05, 4.69) is 32.2 Å². The third kappa shape index (κ3) is 9.54. The van der Waals surface area contributed by atoms with Gasteiger partial charge in [0.1, 0.15) is 36.4 Å². The number of aliphatic carboxylic acids is 1. The maximum Gasteiger partial charge on any atom is 0.317 e. The van der Waals surface area contributed by atoms with Crippen LogP contribution in [0.15, 0.2) is 71.4 Å². The zero-order valence-corrected chi connectivity index (χ0v) is 36.5. The molecule has 12 heteroatoms. The van der Waals surface area contributed by atoms with E-state index in [4.69, 9.17) is 23.7 Å². The summed E-state index contributed by atoms with van der Waals surface area (Å²) in [5.41, 5.74) is 0.317. The van der Waals surface area contributed by atoms with Crippen LogP contribution in [0.1, 0.15) is 111 Å². The van der Waals surface area contributed by atoms with Crippen molar-refractivity contribution in [3.8, 4) is 0 Å². The van der Waals surface area contributed by atoms with E-state index >= 15 is 0 Å². The fourth-order valence-corrected chi connectivity index (χ4v) is 10.4. The Morgan fingerprint density at radius 1 is 1.08 bits per heavy atom. The number of hydrogen-bond donors (Lipinski definition) is 4. The number of amides is 1. The van der Waals surface area contributed by atoms with E-state index in [1.54, 1.807) is 31.2 Å². The summed E-state index contributed by atoms with van der Waals surface area (Å²) >= 11 is 0. The fraction of sp³-hybridized carbons (Fsp3) is 0.646. The molecule has 330 valence electrons. The molecule has 3 saturated heterocycles. The third-order valence-electron chi connectivity index (χ3n) is 13.8. The highest BCUT2D eigenvalue weighted by molar-refractivity contribution is 5.92. The lowest BCUT2D eigenvalue weighted by Gasteiger charge is -2.49. The molecule has 1 saturated carbocycles. The van der Waals surface area contributed by atoms with E-state index in [0.717, 1.165) is 56.1 Å². The molecule has 3 heterocycles. The van der Waals surface area contributed by atoms with Crippen molar-refractivity contribution in [2.75, 3.05) is 25.6 Å². The van der Waals surface area contributed by atoms with E-state index in [1.165, 1.54) is 13.2 Å². The van der Waals surface area contributed by atoms with Gasteiger partial charge in [0, 0.05) is 31.6 Å². The zero-order chi connectivity index (χ0) is 43.4. The van der Waals surface area contributed by atoms with Crippen molar-refractivity contribution < 1.29 is 53.4 Å². The molecule has 11 atom stereocenters. The predicted molar refractivity (Wildman–Crippen MR) is 227 cm³/mol. The summed E-state index contributed by atoms with van der Waals surface area (Å²) < 4.78 is 30.9. The SMILES string of the molecule is CC[C@H]1OC2(CC[C@@H]1C)CC(C)C[C@@H](C/C=C(\C)C(OC(=O)C1(c3ccc(NC(=O)COC)cc3)CCCC1)[C@@H](C)/C=C/C=C1\CO[C@@H]3[C@H](O)C(C)=C[C@@H](C(=O)O)[C@]13O)O2. The molecule has 1 aromatic rings. The van der Waals surface area contributed by atoms with Crippen molar-refractivity contribution in [2.45, 2.75) is 153 Å². The summed E-state index contributed by atoms with van der Waals surface area (Å²) in [5.74, 6) is -3.09. The number of allylic oxidation sites excluding steroid dienone is 2. The molecule has 3 aliphatic heterocycles. The van der Waals surface area contributed by atoms with Gasteiger partial charge in [0.2, 0.25) is 5.91 Å². The molecule has 0 bridgehead atoms. The largest absolute Gasteiger partial charge is 0.481 e. The molecular formula is C48H67NO11. The number of carbonyl (C=O) groups excluding carboxylic acids is 2. The lowest BCUT2D eigenvalue weighted by molar-refractivity contribution is -0.329. The Morgan fingerprint density at radius 2 is 1.80 bits per heavy atom. The molecule has 6 rings (SSSR count). The van der Waals surface area contributed by atoms with Crippen LogP contribution in [-0.2, 0) is 43.5 Å². The molecule has 1 amide bonds. The Bertz CT molecular complexity index is 1830. The smallest absolute Gasteiger partial charge is 0.317 e. The first kappa shape index (κ1) is 45.9. The Balaban J connectivity index is 1.26. The van der Waals surface area contributed by atoms with E-state index in [0.29, 0.717) is 47.9 Å². The fourth-order valence-electron chi connectivity index (χ4n) is 10.4. The summed E-state index contributed by atoms with van der Waals surface area (Å²) in [6.45, 7) is 12.2. The van der Waals surface area contributed by atoms with Crippen molar-refractivity contribution in [1.29, 1.82) is 0 Å². The molecule has 3 unspecified atom stereocenters. The first-order valence-corrected chi connectivity index (χ1v) is 22.0. The molecule has 1 spiro atoms. The van der Waals surface area contributed by atoms with Crippen molar-refractivity contribution in [3.63, 3.8) is 0 Å². The number of benzene rings is 1. The topological polar surface area (TPSA) is 170 Å². The summed E-state index contributed by atoms with van der Waals surface area (Å²) in [6, 6.07) is 7.39. The monoisotopic (exact) mass is 833 g/mol. The summed E-state index contributed by atoms with van der Waals surface area (Å²) in [5, 5.41) is 35.5. The maximum absolute atomic E-state index is 14.7. The quantitative estimate of drug-likeness (QED) is 0.109. The van der Waals surface area contributed by atoms with Gasteiger partial charge in [0.25, 0.3) is 0 Å². The van der Waals surface area contributed by atoms with Crippen molar-refractivity contribution >= 4 is 23.5 Å². The number of carboxylic acid groups (broad SMARTS) is 1. The number of ether oxygens (including phenoxy) is 5.